The zero-order chi connectivity index (χ0) is 12.2. The molecule has 0 aromatic carbocycles. The summed E-state index contributed by atoms with van der Waals surface area (Å²) in [4.78, 5) is 2.15. The number of aryl methyl sites for hydroxylation is 1. The second-order valence-electron chi connectivity index (χ2n) is 4.75. The molecule has 0 saturated carbocycles. The molecular formula is C11H22N4O. The van der Waals surface area contributed by atoms with Crippen molar-refractivity contribution in [1.82, 2.24) is 14.7 Å². The predicted octanol–water partition coefficient (Wildman–Crippen LogP) is 0.558. The van der Waals surface area contributed by atoms with Gasteiger partial charge in [0.15, 0.2) is 0 Å². The van der Waals surface area contributed by atoms with Gasteiger partial charge in [-0.25, -0.2) is 0 Å². The van der Waals surface area contributed by atoms with E-state index < -0.39 is 0 Å². The van der Waals surface area contributed by atoms with Crippen LogP contribution in [-0.4, -0.2) is 45.5 Å². The van der Waals surface area contributed by atoms with Gasteiger partial charge in [-0.1, -0.05) is 0 Å². The number of hydrogen-bond acceptors (Lipinski definition) is 4. The van der Waals surface area contributed by atoms with Crippen molar-refractivity contribution in [2.45, 2.75) is 32.4 Å². The van der Waals surface area contributed by atoms with E-state index in [9.17, 15) is 5.11 Å². The summed E-state index contributed by atoms with van der Waals surface area (Å²) in [5.74, 6) is 0.559. The minimum Gasteiger partial charge on any atom is -0.394 e. The van der Waals surface area contributed by atoms with Crippen molar-refractivity contribution in [2.75, 3.05) is 25.9 Å². The molecule has 0 aliphatic rings. The molecule has 0 spiro atoms. The first-order valence-electron chi connectivity index (χ1n) is 5.57. The minimum absolute atomic E-state index is 0.164. The summed E-state index contributed by atoms with van der Waals surface area (Å²) in [6.45, 7) is 5.99. The molecule has 1 aromatic rings. The highest BCUT2D eigenvalue weighted by Gasteiger charge is 2.21. The second kappa shape index (κ2) is 5.32. The smallest absolute Gasteiger partial charge is 0.145 e. The molecule has 5 heteroatoms. The van der Waals surface area contributed by atoms with E-state index in [-0.39, 0.29) is 12.1 Å². The second-order valence-corrected chi connectivity index (χ2v) is 4.75. The van der Waals surface area contributed by atoms with Crippen LogP contribution in [0.5, 0.6) is 0 Å². The molecule has 0 saturated heterocycles. The van der Waals surface area contributed by atoms with Crippen LogP contribution in [0.25, 0.3) is 0 Å². The molecule has 1 heterocycles. The summed E-state index contributed by atoms with van der Waals surface area (Å²) < 4.78 is 1.84. The fraction of sp³-hybridized carbons (Fsp3) is 0.727. The van der Waals surface area contributed by atoms with E-state index >= 15 is 0 Å². The molecule has 92 valence electrons. The van der Waals surface area contributed by atoms with Crippen molar-refractivity contribution >= 4 is 5.82 Å². The van der Waals surface area contributed by atoms with Crippen molar-refractivity contribution in [2.24, 2.45) is 0 Å². The first-order chi connectivity index (χ1) is 7.45. The number of nitrogens with zero attached hydrogens (tertiary/aromatic N) is 3. The summed E-state index contributed by atoms with van der Waals surface area (Å²) in [5.41, 5.74) is 5.36. The number of nitrogen functional groups attached to an aromatic ring is 1. The number of nitrogens with two attached hydrogens (primary N) is 1. The zero-order valence-electron chi connectivity index (χ0n) is 10.3. The van der Waals surface area contributed by atoms with Crippen LogP contribution in [0.4, 0.5) is 5.82 Å². The molecule has 0 aliphatic carbocycles. The van der Waals surface area contributed by atoms with Gasteiger partial charge in [0, 0.05) is 24.8 Å². The third kappa shape index (κ3) is 3.50. The standard InChI is InChI=1S/C11H22N4O/c1-11(2,9-16)14(3)6-4-7-15-8-5-10(12)13-15/h5,8,16H,4,6-7,9H2,1-3H3,(H2,12,13). The number of rotatable bonds is 6. The Bertz CT molecular complexity index is 322. The van der Waals surface area contributed by atoms with E-state index in [1.54, 1.807) is 6.07 Å². The van der Waals surface area contributed by atoms with E-state index in [1.807, 2.05) is 31.8 Å². The Kier molecular flexibility index (Phi) is 4.32. The van der Waals surface area contributed by atoms with Crippen molar-refractivity contribution in [3.63, 3.8) is 0 Å². The monoisotopic (exact) mass is 226 g/mol. The molecule has 1 aromatic heterocycles. The first-order valence-corrected chi connectivity index (χ1v) is 5.57. The van der Waals surface area contributed by atoms with Gasteiger partial charge < -0.3 is 10.8 Å². The fourth-order valence-electron chi connectivity index (χ4n) is 1.40. The topological polar surface area (TPSA) is 67.3 Å². The number of aromatic nitrogens is 2. The number of anilines is 1. The Labute approximate surface area is 96.9 Å². The van der Waals surface area contributed by atoms with E-state index in [0.717, 1.165) is 19.5 Å². The highest BCUT2D eigenvalue weighted by atomic mass is 16.3. The molecule has 0 unspecified atom stereocenters. The molecule has 0 aliphatic heterocycles. The molecule has 16 heavy (non-hydrogen) atoms. The molecular weight excluding hydrogens is 204 g/mol. The van der Waals surface area contributed by atoms with Crippen LogP contribution in [0, 0.1) is 0 Å². The molecule has 0 fully saturated rings. The maximum atomic E-state index is 9.21. The Morgan fingerprint density at radius 2 is 2.25 bits per heavy atom. The summed E-state index contributed by atoms with van der Waals surface area (Å²) in [7, 11) is 2.02. The fourth-order valence-corrected chi connectivity index (χ4v) is 1.40. The van der Waals surface area contributed by atoms with Crippen molar-refractivity contribution in [3.8, 4) is 0 Å². The molecule has 0 radical (unpaired) electrons. The number of aliphatic hydroxyl groups excluding tert-OH is 1. The van der Waals surface area contributed by atoms with E-state index in [4.69, 9.17) is 5.73 Å². The molecule has 1 rings (SSSR count). The summed E-state index contributed by atoms with van der Waals surface area (Å²) in [5, 5.41) is 13.3. The lowest BCUT2D eigenvalue weighted by Gasteiger charge is -2.33. The zero-order valence-corrected chi connectivity index (χ0v) is 10.3. The molecule has 0 bridgehead atoms. The minimum atomic E-state index is -0.164. The van der Waals surface area contributed by atoms with Crippen LogP contribution in [-0.2, 0) is 6.54 Å². The average molecular weight is 226 g/mol. The number of aliphatic hydroxyl groups is 1. The summed E-state index contributed by atoms with van der Waals surface area (Å²) >= 11 is 0. The molecule has 0 amide bonds. The van der Waals surface area contributed by atoms with Crippen molar-refractivity contribution < 1.29 is 5.11 Å². The summed E-state index contributed by atoms with van der Waals surface area (Å²) in [6.07, 6.45) is 2.87. The van der Waals surface area contributed by atoms with Crippen LogP contribution in [0.15, 0.2) is 12.3 Å². The Morgan fingerprint density at radius 3 is 2.75 bits per heavy atom. The maximum absolute atomic E-state index is 9.21. The maximum Gasteiger partial charge on any atom is 0.145 e. The van der Waals surface area contributed by atoms with Gasteiger partial charge in [-0.2, -0.15) is 5.10 Å². The quantitative estimate of drug-likeness (QED) is 0.743. The molecule has 3 N–H and O–H groups in total. The van der Waals surface area contributed by atoms with Gasteiger partial charge in [-0.3, -0.25) is 9.58 Å². The van der Waals surface area contributed by atoms with Gasteiger partial charge in [0.1, 0.15) is 5.82 Å². The predicted molar refractivity (Wildman–Crippen MR) is 65.1 cm³/mol. The van der Waals surface area contributed by atoms with Gasteiger partial charge in [-0.15, -0.1) is 0 Å². The summed E-state index contributed by atoms with van der Waals surface area (Å²) in [6, 6.07) is 1.79. The van der Waals surface area contributed by atoms with Gasteiger partial charge in [-0.05, 0) is 33.4 Å². The lowest BCUT2D eigenvalue weighted by molar-refractivity contribution is 0.0771. The van der Waals surface area contributed by atoms with E-state index in [1.165, 1.54) is 0 Å². The van der Waals surface area contributed by atoms with Crippen molar-refractivity contribution in [1.29, 1.82) is 0 Å². The number of likely N-dealkylation sites (N-methyl/N-ethyl adjacent to an activating group) is 1. The van der Waals surface area contributed by atoms with Gasteiger partial charge >= 0.3 is 0 Å². The van der Waals surface area contributed by atoms with Crippen LogP contribution in [0.1, 0.15) is 20.3 Å². The average Bonchev–Trinajstić information content (AvgIpc) is 2.64. The highest BCUT2D eigenvalue weighted by Crippen LogP contribution is 2.11. The van der Waals surface area contributed by atoms with E-state index in [0.29, 0.717) is 5.82 Å². The lowest BCUT2D eigenvalue weighted by atomic mass is 10.1. The van der Waals surface area contributed by atoms with Crippen LogP contribution >= 0.6 is 0 Å². The largest absolute Gasteiger partial charge is 0.394 e. The van der Waals surface area contributed by atoms with Gasteiger partial charge in [0.25, 0.3) is 0 Å². The third-order valence-electron chi connectivity index (χ3n) is 2.96. The third-order valence-corrected chi connectivity index (χ3v) is 2.96. The van der Waals surface area contributed by atoms with Crippen LogP contribution in [0.2, 0.25) is 0 Å². The molecule has 0 atom stereocenters. The van der Waals surface area contributed by atoms with Gasteiger partial charge in [0.05, 0.1) is 6.61 Å². The van der Waals surface area contributed by atoms with Gasteiger partial charge in [0.2, 0.25) is 0 Å². The van der Waals surface area contributed by atoms with E-state index in [2.05, 4.69) is 10.00 Å². The lowest BCUT2D eigenvalue weighted by Crippen LogP contribution is -2.44. The van der Waals surface area contributed by atoms with Crippen LogP contribution in [0.3, 0.4) is 0 Å². The Hall–Kier alpha value is -1.07. The van der Waals surface area contributed by atoms with Crippen molar-refractivity contribution in [3.05, 3.63) is 12.3 Å². The highest BCUT2D eigenvalue weighted by molar-refractivity contribution is 5.23. The molecule has 5 nitrogen and oxygen atoms in total. The first kappa shape index (κ1) is 13.0. The SMILES string of the molecule is CN(CCCn1ccc(N)n1)C(C)(C)CO. The Balaban J connectivity index is 2.30. The number of hydrogen-bond donors (Lipinski definition) is 2. The van der Waals surface area contributed by atoms with Crippen LogP contribution < -0.4 is 5.73 Å². The Morgan fingerprint density at radius 1 is 1.56 bits per heavy atom. The normalized spacial score (nSPS) is 12.3.